The molecule has 202 valence electrons. The molecule has 0 aliphatic carbocycles. The van der Waals surface area contributed by atoms with Crippen molar-refractivity contribution in [3.63, 3.8) is 0 Å². The molecular formula is C29H27ClN2O5S2. The number of hydrogen-bond donors (Lipinski definition) is 2. The summed E-state index contributed by atoms with van der Waals surface area (Å²) in [7, 11) is -1.84. The lowest BCUT2D eigenvalue weighted by Crippen LogP contribution is -2.35. The first-order valence-corrected chi connectivity index (χ1v) is 14.5. The van der Waals surface area contributed by atoms with Crippen LogP contribution in [0.25, 0.3) is 0 Å². The number of amides is 1. The highest BCUT2D eigenvalue weighted by Gasteiger charge is 2.24. The summed E-state index contributed by atoms with van der Waals surface area (Å²) in [5, 5.41) is 20.4. The maximum atomic E-state index is 13.1. The van der Waals surface area contributed by atoms with Gasteiger partial charge in [-0.2, -0.15) is 0 Å². The van der Waals surface area contributed by atoms with E-state index in [1.54, 1.807) is 36.4 Å². The van der Waals surface area contributed by atoms with Crippen LogP contribution in [0.5, 0.6) is 0 Å². The lowest BCUT2D eigenvalue weighted by atomic mass is 9.89. The molecule has 10 heteroatoms. The van der Waals surface area contributed by atoms with Gasteiger partial charge in [-0.15, -0.1) is 15.8 Å². The van der Waals surface area contributed by atoms with Crippen molar-refractivity contribution in [2.75, 3.05) is 6.54 Å². The minimum Gasteiger partial charge on any atom is -0.474 e. The summed E-state index contributed by atoms with van der Waals surface area (Å²) in [5.74, 6) is -2.60. The smallest absolute Gasteiger partial charge is 0.394 e. The molecule has 2 N–H and O–H groups in total. The van der Waals surface area contributed by atoms with Crippen molar-refractivity contribution >= 4 is 45.8 Å². The quantitative estimate of drug-likeness (QED) is 0.168. The van der Waals surface area contributed by atoms with Crippen LogP contribution in [0.15, 0.2) is 101 Å². The van der Waals surface area contributed by atoms with Crippen LogP contribution >= 0.6 is 22.9 Å². The molecule has 1 amide bonds. The number of carbonyl (C=O) groups is 2. The second kappa shape index (κ2) is 13.6. The highest BCUT2D eigenvalue weighted by atomic mass is 35.5. The van der Waals surface area contributed by atoms with Gasteiger partial charge in [-0.05, 0) is 47.4 Å². The first-order chi connectivity index (χ1) is 18.8. The van der Waals surface area contributed by atoms with E-state index in [0.717, 1.165) is 26.9 Å². The summed E-state index contributed by atoms with van der Waals surface area (Å²) in [6, 6.07) is 30.1. The Bertz CT molecular complexity index is 1390. The molecule has 7 nitrogen and oxygen atoms in total. The summed E-state index contributed by atoms with van der Waals surface area (Å²) in [4.78, 5) is 25.6. The number of nitrogens with zero attached hydrogens (tertiary/aromatic N) is 2. The molecule has 0 aliphatic heterocycles. The number of benzene rings is 3. The average Bonchev–Trinajstić information content (AvgIpc) is 3.41. The SMILES string of the molecule is O=C(O)C(=O)N(Cc1cccc(Cl)c1)Cc1ccc(S(=O)N(O)CCC(c2ccccc2)c2ccccc2)s1. The van der Waals surface area contributed by atoms with E-state index in [2.05, 4.69) is 0 Å². The molecule has 4 aromatic rings. The molecule has 0 saturated heterocycles. The summed E-state index contributed by atoms with van der Waals surface area (Å²) in [5.41, 5.74) is 2.89. The van der Waals surface area contributed by atoms with E-state index in [0.29, 0.717) is 26.1 Å². The predicted octanol–water partition coefficient (Wildman–Crippen LogP) is 5.95. The molecule has 0 radical (unpaired) electrons. The van der Waals surface area contributed by atoms with Crippen LogP contribution in [0.2, 0.25) is 5.02 Å². The van der Waals surface area contributed by atoms with Gasteiger partial charge in [0.1, 0.15) is 4.21 Å². The highest BCUT2D eigenvalue weighted by Crippen LogP contribution is 2.29. The Labute approximate surface area is 238 Å². The molecule has 0 saturated carbocycles. The normalized spacial score (nSPS) is 12.0. The van der Waals surface area contributed by atoms with Gasteiger partial charge in [0, 0.05) is 28.9 Å². The van der Waals surface area contributed by atoms with Crippen molar-refractivity contribution in [3.05, 3.63) is 124 Å². The molecular weight excluding hydrogens is 556 g/mol. The molecule has 1 atom stereocenters. The molecule has 39 heavy (non-hydrogen) atoms. The van der Waals surface area contributed by atoms with Gasteiger partial charge >= 0.3 is 11.9 Å². The molecule has 0 aliphatic rings. The fourth-order valence-corrected chi connectivity index (χ4v) is 6.73. The number of carboxylic acid groups (broad SMARTS) is 1. The topological polar surface area (TPSA) is 98.2 Å². The molecule has 4 rings (SSSR count). The Kier molecular flexibility index (Phi) is 10.0. The monoisotopic (exact) mass is 582 g/mol. The van der Waals surface area contributed by atoms with Gasteiger partial charge in [0.15, 0.2) is 11.0 Å². The van der Waals surface area contributed by atoms with Crippen LogP contribution in [-0.2, 0) is 33.7 Å². The predicted molar refractivity (Wildman–Crippen MR) is 152 cm³/mol. The third-order valence-corrected chi connectivity index (χ3v) is 8.92. The fraction of sp³-hybridized carbons (Fsp3) is 0.172. The van der Waals surface area contributed by atoms with Gasteiger partial charge in [-0.3, -0.25) is 4.79 Å². The summed E-state index contributed by atoms with van der Waals surface area (Å²) < 4.78 is 14.3. The van der Waals surface area contributed by atoms with Crippen molar-refractivity contribution in [2.24, 2.45) is 0 Å². The van der Waals surface area contributed by atoms with Crippen LogP contribution < -0.4 is 0 Å². The van der Waals surface area contributed by atoms with E-state index in [-0.39, 0.29) is 25.6 Å². The minimum atomic E-state index is -1.84. The third-order valence-electron chi connectivity index (χ3n) is 6.09. The number of rotatable bonds is 11. The third kappa shape index (κ3) is 7.84. The number of hydrogen-bond acceptors (Lipinski definition) is 5. The Morgan fingerprint density at radius 2 is 1.51 bits per heavy atom. The summed E-state index contributed by atoms with van der Waals surface area (Å²) in [6.07, 6.45) is 0.537. The number of hydroxylamine groups is 1. The van der Waals surface area contributed by atoms with Gasteiger partial charge in [-0.1, -0.05) is 84.4 Å². The maximum absolute atomic E-state index is 13.1. The lowest BCUT2D eigenvalue weighted by molar-refractivity contribution is -0.156. The van der Waals surface area contributed by atoms with Crippen molar-refractivity contribution in [3.8, 4) is 0 Å². The highest BCUT2D eigenvalue weighted by molar-refractivity contribution is 7.84. The maximum Gasteiger partial charge on any atom is 0.394 e. The van der Waals surface area contributed by atoms with Gasteiger partial charge in [-0.25, -0.2) is 9.00 Å². The zero-order chi connectivity index (χ0) is 27.8. The van der Waals surface area contributed by atoms with Gasteiger partial charge in [0.05, 0.1) is 6.54 Å². The summed E-state index contributed by atoms with van der Waals surface area (Å²) >= 11 is 7.19. The minimum absolute atomic E-state index is 0.00896. The Morgan fingerprint density at radius 3 is 2.10 bits per heavy atom. The molecule has 0 bridgehead atoms. The van der Waals surface area contributed by atoms with Crippen LogP contribution in [0.3, 0.4) is 0 Å². The van der Waals surface area contributed by atoms with E-state index in [1.165, 1.54) is 4.90 Å². The zero-order valence-electron chi connectivity index (χ0n) is 20.9. The lowest BCUT2D eigenvalue weighted by Gasteiger charge is -2.21. The molecule has 0 fully saturated rings. The average molecular weight is 583 g/mol. The number of thiophene rings is 1. The number of carboxylic acids is 1. The second-order valence-corrected chi connectivity index (χ2v) is 12.0. The largest absolute Gasteiger partial charge is 0.474 e. The zero-order valence-corrected chi connectivity index (χ0v) is 23.2. The number of aliphatic carboxylic acids is 1. The van der Waals surface area contributed by atoms with Gasteiger partial charge in [0.25, 0.3) is 0 Å². The van der Waals surface area contributed by atoms with Gasteiger partial charge in [0.2, 0.25) is 0 Å². The second-order valence-electron chi connectivity index (χ2n) is 8.80. The molecule has 1 heterocycles. The Morgan fingerprint density at radius 1 is 0.872 bits per heavy atom. The van der Waals surface area contributed by atoms with Crippen molar-refractivity contribution in [1.29, 1.82) is 0 Å². The fourth-order valence-electron chi connectivity index (χ4n) is 4.24. The van der Waals surface area contributed by atoms with Crippen molar-refractivity contribution in [1.82, 2.24) is 9.37 Å². The van der Waals surface area contributed by atoms with E-state index < -0.39 is 22.9 Å². The standard InChI is InChI=1S/C29H27ClN2O5S2/c30-24-13-7-8-21(18-24)19-31(28(33)29(34)35)20-25-14-15-27(38-25)39(37)32(36)17-16-26(22-9-3-1-4-10-22)23-11-5-2-6-12-23/h1-15,18,26,36H,16-17,19-20H2,(H,34,35). The van der Waals surface area contributed by atoms with Crippen LogP contribution in [0, 0.1) is 0 Å². The van der Waals surface area contributed by atoms with Crippen LogP contribution in [0.1, 0.15) is 33.9 Å². The molecule has 1 unspecified atom stereocenters. The summed E-state index contributed by atoms with van der Waals surface area (Å²) in [6.45, 7) is 0.218. The van der Waals surface area contributed by atoms with E-state index in [9.17, 15) is 24.1 Å². The van der Waals surface area contributed by atoms with Crippen LogP contribution in [0.4, 0.5) is 0 Å². The Balaban J connectivity index is 1.43. The molecule has 0 spiro atoms. The van der Waals surface area contributed by atoms with Gasteiger partial charge < -0.3 is 15.2 Å². The number of halogens is 1. The molecule has 1 aromatic heterocycles. The first kappa shape index (κ1) is 28.7. The van der Waals surface area contributed by atoms with Crippen molar-refractivity contribution < 1.29 is 24.1 Å². The van der Waals surface area contributed by atoms with Crippen LogP contribution in [-0.4, -0.2) is 42.3 Å². The molecule has 3 aromatic carbocycles. The first-order valence-electron chi connectivity index (χ1n) is 12.2. The Hall–Kier alpha value is -3.34. The van der Waals surface area contributed by atoms with E-state index in [4.69, 9.17) is 11.6 Å². The van der Waals surface area contributed by atoms with E-state index in [1.807, 2.05) is 60.7 Å². The van der Waals surface area contributed by atoms with E-state index >= 15 is 0 Å². The van der Waals surface area contributed by atoms with Crippen molar-refractivity contribution in [2.45, 2.75) is 29.6 Å². The number of carbonyl (C=O) groups excluding carboxylic acids is 1.